The van der Waals surface area contributed by atoms with Gasteiger partial charge in [0, 0.05) is 52.2 Å². The molecule has 31 heavy (non-hydrogen) atoms. The SMILES string of the molecule is CCNC(=NCc1ccccc1CN1CC(C)OC(C)C1)NCCC(=O)N(CC)CC. The molecule has 1 aliphatic heterocycles. The van der Waals surface area contributed by atoms with Crippen molar-refractivity contribution >= 4 is 11.9 Å². The number of hydrogen-bond donors (Lipinski definition) is 2. The first kappa shape index (κ1) is 25.1. The summed E-state index contributed by atoms with van der Waals surface area (Å²) in [6, 6.07) is 8.51. The molecule has 2 N–H and O–H groups in total. The van der Waals surface area contributed by atoms with Gasteiger partial charge in [0.05, 0.1) is 18.8 Å². The minimum atomic E-state index is 0.174. The molecule has 2 unspecified atom stereocenters. The molecule has 0 saturated carbocycles. The number of morpholine rings is 1. The first-order valence-electron chi connectivity index (χ1n) is 11.7. The molecule has 1 aliphatic rings. The van der Waals surface area contributed by atoms with E-state index in [4.69, 9.17) is 9.73 Å². The fraction of sp³-hybridized carbons (Fsp3) is 0.667. The Labute approximate surface area is 188 Å². The van der Waals surface area contributed by atoms with Crippen LogP contribution in [0.25, 0.3) is 0 Å². The normalized spacial score (nSPS) is 19.8. The maximum Gasteiger partial charge on any atom is 0.224 e. The van der Waals surface area contributed by atoms with Gasteiger partial charge in [-0.05, 0) is 45.7 Å². The molecule has 1 heterocycles. The van der Waals surface area contributed by atoms with E-state index in [0.29, 0.717) is 19.5 Å². The summed E-state index contributed by atoms with van der Waals surface area (Å²) in [5.74, 6) is 0.922. The van der Waals surface area contributed by atoms with E-state index >= 15 is 0 Å². The lowest BCUT2D eigenvalue weighted by Crippen LogP contribution is -2.44. The number of ether oxygens (including phenoxy) is 1. The van der Waals surface area contributed by atoms with Crippen LogP contribution >= 0.6 is 0 Å². The van der Waals surface area contributed by atoms with E-state index < -0.39 is 0 Å². The quantitative estimate of drug-likeness (QED) is 0.440. The number of nitrogens with one attached hydrogen (secondary N) is 2. The largest absolute Gasteiger partial charge is 0.373 e. The molecular formula is C24H41N5O2. The fourth-order valence-electron chi connectivity index (χ4n) is 4.05. The van der Waals surface area contributed by atoms with Crippen molar-refractivity contribution in [1.29, 1.82) is 0 Å². The van der Waals surface area contributed by atoms with E-state index in [0.717, 1.165) is 45.2 Å². The summed E-state index contributed by atoms with van der Waals surface area (Å²) in [5, 5.41) is 6.59. The summed E-state index contributed by atoms with van der Waals surface area (Å²) < 4.78 is 5.87. The molecule has 1 aromatic rings. The molecule has 174 valence electrons. The number of hydrogen-bond acceptors (Lipinski definition) is 4. The number of benzene rings is 1. The average Bonchev–Trinajstić information content (AvgIpc) is 2.73. The van der Waals surface area contributed by atoms with Crippen LogP contribution in [0.2, 0.25) is 0 Å². The van der Waals surface area contributed by atoms with Gasteiger partial charge in [-0.15, -0.1) is 0 Å². The molecule has 2 atom stereocenters. The highest BCUT2D eigenvalue weighted by Gasteiger charge is 2.22. The zero-order valence-electron chi connectivity index (χ0n) is 20.0. The molecule has 0 aliphatic carbocycles. The van der Waals surface area contributed by atoms with Crippen molar-refractivity contribution in [1.82, 2.24) is 20.4 Å². The third kappa shape index (κ3) is 8.50. The number of rotatable bonds is 10. The lowest BCUT2D eigenvalue weighted by atomic mass is 10.1. The van der Waals surface area contributed by atoms with E-state index in [1.54, 1.807) is 0 Å². The van der Waals surface area contributed by atoms with Crippen LogP contribution in [0.3, 0.4) is 0 Å². The van der Waals surface area contributed by atoms with Crippen LogP contribution in [0.4, 0.5) is 0 Å². The van der Waals surface area contributed by atoms with Crippen LogP contribution in [-0.2, 0) is 22.6 Å². The predicted octanol–water partition coefficient (Wildman–Crippen LogP) is 2.61. The van der Waals surface area contributed by atoms with Crippen LogP contribution in [-0.4, -0.2) is 73.1 Å². The van der Waals surface area contributed by atoms with Crippen LogP contribution in [0.15, 0.2) is 29.3 Å². The lowest BCUT2D eigenvalue weighted by Gasteiger charge is -2.35. The minimum Gasteiger partial charge on any atom is -0.373 e. The van der Waals surface area contributed by atoms with Gasteiger partial charge in [0.15, 0.2) is 5.96 Å². The molecule has 1 aromatic carbocycles. The molecular weight excluding hydrogens is 390 g/mol. The molecule has 1 amide bonds. The van der Waals surface area contributed by atoms with Gasteiger partial charge in [-0.3, -0.25) is 9.69 Å². The number of carbonyl (C=O) groups is 1. The monoisotopic (exact) mass is 431 g/mol. The van der Waals surface area contributed by atoms with Gasteiger partial charge in [-0.1, -0.05) is 24.3 Å². The Morgan fingerprint density at radius 3 is 2.35 bits per heavy atom. The summed E-state index contributed by atoms with van der Waals surface area (Å²) in [4.78, 5) is 21.3. The van der Waals surface area contributed by atoms with Crippen molar-refractivity contribution in [2.24, 2.45) is 4.99 Å². The molecule has 0 bridgehead atoms. The summed E-state index contributed by atoms with van der Waals surface area (Å²) in [6.45, 7) is 16.6. The summed E-state index contributed by atoms with van der Waals surface area (Å²) >= 11 is 0. The number of nitrogens with zero attached hydrogens (tertiary/aromatic N) is 3. The van der Waals surface area contributed by atoms with Crippen molar-refractivity contribution in [2.75, 3.05) is 39.3 Å². The third-order valence-corrected chi connectivity index (χ3v) is 5.51. The highest BCUT2D eigenvalue weighted by molar-refractivity contribution is 5.81. The second-order valence-electron chi connectivity index (χ2n) is 8.16. The van der Waals surface area contributed by atoms with Crippen molar-refractivity contribution in [2.45, 2.75) is 66.3 Å². The van der Waals surface area contributed by atoms with E-state index in [1.165, 1.54) is 11.1 Å². The maximum absolute atomic E-state index is 12.2. The average molecular weight is 432 g/mol. The Balaban J connectivity index is 1.96. The first-order valence-corrected chi connectivity index (χ1v) is 11.7. The van der Waals surface area contributed by atoms with Crippen molar-refractivity contribution in [3.63, 3.8) is 0 Å². The maximum atomic E-state index is 12.2. The van der Waals surface area contributed by atoms with Crippen molar-refractivity contribution < 1.29 is 9.53 Å². The first-order chi connectivity index (χ1) is 15.0. The van der Waals surface area contributed by atoms with Gasteiger partial charge >= 0.3 is 0 Å². The van der Waals surface area contributed by atoms with Gasteiger partial charge < -0.3 is 20.3 Å². The van der Waals surface area contributed by atoms with Gasteiger partial charge in [0.25, 0.3) is 0 Å². The van der Waals surface area contributed by atoms with Crippen LogP contribution in [0, 0.1) is 0 Å². The Kier molecular flexibility index (Phi) is 10.8. The molecule has 0 radical (unpaired) electrons. The molecule has 1 fully saturated rings. The molecule has 2 rings (SSSR count). The lowest BCUT2D eigenvalue weighted by molar-refractivity contribution is -0.130. The smallest absolute Gasteiger partial charge is 0.224 e. The zero-order chi connectivity index (χ0) is 22.6. The fourth-order valence-corrected chi connectivity index (χ4v) is 4.05. The van der Waals surface area contributed by atoms with E-state index in [1.807, 2.05) is 25.7 Å². The van der Waals surface area contributed by atoms with Crippen LogP contribution in [0.5, 0.6) is 0 Å². The van der Waals surface area contributed by atoms with E-state index in [-0.39, 0.29) is 18.1 Å². The molecule has 1 saturated heterocycles. The van der Waals surface area contributed by atoms with Crippen LogP contribution < -0.4 is 10.6 Å². The summed E-state index contributed by atoms with van der Waals surface area (Å²) in [6.07, 6.45) is 0.992. The standard InChI is InChI=1S/C24H41N5O2/c1-6-25-24(26-14-13-23(30)29(7-2)8-3)27-15-21-11-9-10-12-22(21)18-28-16-19(4)31-20(5)17-28/h9-12,19-20H,6-8,13-18H2,1-5H3,(H2,25,26,27). The Hall–Kier alpha value is -2.12. The van der Waals surface area contributed by atoms with Crippen molar-refractivity contribution in [3.05, 3.63) is 35.4 Å². The third-order valence-electron chi connectivity index (χ3n) is 5.51. The highest BCUT2D eigenvalue weighted by Crippen LogP contribution is 2.17. The molecule has 7 nitrogen and oxygen atoms in total. The Bertz CT molecular complexity index is 695. The Morgan fingerprint density at radius 1 is 1.10 bits per heavy atom. The van der Waals surface area contributed by atoms with E-state index in [2.05, 4.69) is 53.6 Å². The number of guanidine groups is 1. The van der Waals surface area contributed by atoms with Gasteiger partial charge in [0.1, 0.15) is 0 Å². The van der Waals surface area contributed by atoms with Gasteiger partial charge in [-0.25, -0.2) is 4.99 Å². The zero-order valence-corrected chi connectivity index (χ0v) is 20.0. The van der Waals surface area contributed by atoms with Crippen molar-refractivity contribution in [3.8, 4) is 0 Å². The van der Waals surface area contributed by atoms with Crippen LogP contribution in [0.1, 0.15) is 52.2 Å². The van der Waals surface area contributed by atoms with Gasteiger partial charge in [0.2, 0.25) is 5.91 Å². The second kappa shape index (κ2) is 13.3. The predicted molar refractivity (Wildman–Crippen MR) is 127 cm³/mol. The van der Waals surface area contributed by atoms with Gasteiger partial charge in [-0.2, -0.15) is 0 Å². The topological polar surface area (TPSA) is 69.2 Å². The highest BCUT2D eigenvalue weighted by atomic mass is 16.5. The number of amides is 1. The number of carbonyl (C=O) groups excluding carboxylic acids is 1. The molecule has 0 spiro atoms. The number of aliphatic imine (C=N–C) groups is 1. The summed E-state index contributed by atoms with van der Waals surface area (Å²) in [5.41, 5.74) is 2.53. The molecule has 7 heteroatoms. The summed E-state index contributed by atoms with van der Waals surface area (Å²) in [7, 11) is 0. The second-order valence-corrected chi connectivity index (χ2v) is 8.16. The van der Waals surface area contributed by atoms with E-state index in [9.17, 15) is 4.79 Å². The molecule has 0 aromatic heterocycles. The Morgan fingerprint density at radius 2 is 1.74 bits per heavy atom. The minimum absolute atomic E-state index is 0.174.